The first-order chi connectivity index (χ1) is 6.38. The van der Waals surface area contributed by atoms with Crippen molar-refractivity contribution in [2.45, 2.75) is 47.1 Å². The van der Waals surface area contributed by atoms with Gasteiger partial charge in [-0.25, -0.2) is 0 Å². The maximum atomic E-state index is 11.6. The Morgan fingerprint density at radius 2 is 2.00 bits per heavy atom. The van der Waals surface area contributed by atoms with Gasteiger partial charge >= 0.3 is 0 Å². The second-order valence-corrected chi connectivity index (χ2v) is 6.00. The Morgan fingerprint density at radius 3 is 2.43 bits per heavy atom. The van der Waals surface area contributed by atoms with Crippen LogP contribution < -0.4 is 5.32 Å². The summed E-state index contributed by atoms with van der Waals surface area (Å²) in [6.07, 6.45) is 1.06. The summed E-state index contributed by atoms with van der Waals surface area (Å²) in [6.45, 7) is 10.0. The normalized spacial score (nSPS) is 13.8. The summed E-state index contributed by atoms with van der Waals surface area (Å²) in [5, 5.41) is 3.03. The first-order valence-electron chi connectivity index (χ1n) is 5.26. The molecule has 0 bridgehead atoms. The molecule has 0 spiro atoms. The Morgan fingerprint density at radius 1 is 1.43 bits per heavy atom. The van der Waals surface area contributed by atoms with E-state index < -0.39 is 0 Å². The second-order valence-electron chi connectivity index (χ2n) is 4.61. The molecule has 0 aromatic rings. The van der Waals surface area contributed by atoms with Crippen LogP contribution in [0.15, 0.2) is 0 Å². The van der Waals surface area contributed by atoms with Gasteiger partial charge in [-0.05, 0) is 24.9 Å². The smallest absolute Gasteiger partial charge is 0.225 e. The van der Waals surface area contributed by atoms with Gasteiger partial charge in [0, 0.05) is 11.5 Å². The molecule has 84 valence electrons. The van der Waals surface area contributed by atoms with E-state index in [9.17, 15) is 4.79 Å². The number of amides is 1. The molecule has 0 saturated carbocycles. The van der Waals surface area contributed by atoms with Crippen molar-refractivity contribution < 1.29 is 4.79 Å². The lowest BCUT2D eigenvalue weighted by Gasteiger charge is -2.21. The molecule has 2 nitrogen and oxygen atoms in total. The van der Waals surface area contributed by atoms with E-state index >= 15 is 0 Å². The van der Waals surface area contributed by atoms with Crippen molar-refractivity contribution in [3.8, 4) is 0 Å². The van der Waals surface area contributed by atoms with Gasteiger partial charge in [0.15, 0.2) is 0 Å². The minimum Gasteiger partial charge on any atom is -0.353 e. The molecule has 3 heteroatoms. The minimum atomic E-state index is -0.272. The van der Waals surface area contributed by atoms with Gasteiger partial charge in [-0.2, -0.15) is 11.8 Å². The van der Waals surface area contributed by atoms with Gasteiger partial charge in [0.25, 0.3) is 0 Å². The highest BCUT2D eigenvalue weighted by Gasteiger charge is 2.22. The summed E-state index contributed by atoms with van der Waals surface area (Å²) in [6, 6.07) is 0.292. The number of hydrogen-bond acceptors (Lipinski definition) is 2. The highest BCUT2D eigenvalue weighted by Crippen LogP contribution is 2.13. The number of rotatable bonds is 5. The molecule has 0 heterocycles. The summed E-state index contributed by atoms with van der Waals surface area (Å²) < 4.78 is 0. The molecule has 0 aliphatic heterocycles. The van der Waals surface area contributed by atoms with E-state index in [1.807, 2.05) is 32.5 Å². The predicted octanol–water partition coefficient (Wildman–Crippen LogP) is 2.68. The average molecular weight is 217 g/mol. The zero-order chi connectivity index (χ0) is 11.2. The summed E-state index contributed by atoms with van der Waals surface area (Å²) in [4.78, 5) is 11.6. The quantitative estimate of drug-likeness (QED) is 0.717. The van der Waals surface area contributed by atoms with Crippen molar-refractivity contribution in [1.82, 2.24) is 5.32 Å². The van der Waals surface area contributed by atoms with E-state index in [4.69, 9.17) is 0 Å². The van der Waals surface area contributed by atoms with Crippen LogP contribution in [0.5, 0.6) is 0 Å². The SMILES string of the molecule is CCSCCC(C)NC(=O)C(C)(C)C. The van der Waals surface area contributed by atoms with Crippen molar-refractivity contribution in [3.05, 3.63) is 0 Å². The largest absolute Gasteiger partial charge is 0.353 e. The molecule has 1 N–H and O–H groups in total. The molecule has 1 amide bonds. The predicted molar refractivity (Wildman–Crippen MR) is 64.7 cm³/mol. The Hall–Kier alpha value is -0.180. The van der Waals surface area contributed by atoms with Crippen molar-refractivity contribution in [3.63, 3.8) is 0 Å². The van der Waals surface area contributed by atoms with E-state index in [1.54, 1.807) is 0 Å². The highest BCUT2D eigenvalue weighted by atomic mass is 32.2. The van der Waals surface area contributed by atoms with Crippen LogP contribution in [0.4, 0.5) is 0 Å². The Balaban J connectivity index is 3.72. The lowest BCUT2D eigenvalue weighted by atomic mass is 9.95. The Labute approximate surface area is 92.2 Å². The number of carbonyl (C=O) groups is 1. The molecule has 0 radical (unpaired) electrons. The Bertz CT molecular complexity index is 175. The molecule has 0 saturated heterocycles. The molecule has 14 heavy (non-hydrogen) atoms. The van der Waals surface area contributed by atoms with E-state index in [2.05, 4.69) is 19.2 Å². The van der Waals surface area contributed by atoms with E-state index in [-0.39, 0.29) is 11.3 Å². The summed E-state index contributed by atoms with van der Waals surface area (Å²) >= 11 is 1.92. The van der Waals surface area contributed by atoms with Crippen molar-refractivity contribution in [2.75, 3.05) is 11.5 Å². The first-order valence-corrected chi connectivity index (χ1v) is 6.42. The number of nitrogens with one attached hydrogen (secondary N) is 1. The van der Waals surface area contributed by atoms with Gasteiger partial charge in [-0.1, -0.05) is 27.7 Å². The summed E-state index contributed by atoms with van der Waals surface area (Å²) in [5.41, 5.74) is -0.272. The average Bonchev–Trinajstić information content (AvgIpc) is 2.03. The first kappa shape index (κ1) is 13.8. The van der Waals surface area contributed by atoms with Crippen LogP contribution in [0, 0.1) is 5.41 Å². The zero-order valence-corrected chi connectivity index (χ0v) is 10.8. The monoisotopic (exact) mass is 217 g/mol. The van der Waals surface area contributed by atoms with Crippen molar-refractivity contribution >= 4 is 17.7 Å². The molecule has 1 atom stereocenters. The van der Waals surface area contributed by atoms with Gasteiger partial charge in [0.05, 0.1) is 0 Å². The summed E-state index contributed by atoms with van der Waals surface area (Å²) in [5.74, 6) is 2.42. The molecule has 0 rings (SSSR count). The van der Waals surface area contributed by atoms with Gasteiger partial charge < -0.3 is 5.32 Å². The molecule has 0 aliphatic rings. The Kier molecular flexibility index (Phi) is 6.25. The highest BCUT2D eigenvalue weighted by molar-refractivity contribution is 7.99. The third-order valence-corrected chi connectivity index (χ3v) is 2.89. The van der Waals surface area contributed by atoms with E-state index in [0.717, 1.165) is 17.9 Å². The van der Waals surface area contributed by atoms with Gasteiger partial charge in [0.1, 0.15) is 0 Å². The van der Waals surface area contributed by atoms with Crippen molar-refractivity contribution in [1.29, 1.82) is 0 Å². The minimum absolute atomic E-state index is 0.145. The number of thioether (sulfide) groups is 1. The maximum absolute atomic E-state index is 11.6. The van der Waals surface area contributed by atoms with Crippen LogP contribution >= 0.6 is 11.8 Å². The van der Waals surface area contributed by atoms with Gasteiger partial charge in [-0.15, -0.1) is 0 Å². The van der Waals surface area contributed by atoms with Crippen LogP contribution in [-0.2, 0) is 4.79 Å². The van der Waals surface area contributed by atoms with Crippen LogP contribution in [0.1, 0.15) is 41.0 Å². The topological polar surface area (TPSA) is 29.1 Å². The lowest BCUT2D eigenvalue weighted by molar-refractivity contribution is -0.129. The fourth-order valence-corrected chi connectivity index (χ4v) is 1.73. The van der Waals surface area contributed by atoms with Crippen LogP contribution in [0.25, 0.3) is 0 Å². The number of carbonyl (C=O) groups excluding carboxylic acids is 1. The fraction of sp³-hybridized carbons (Fsp3) is 0.909. The lowest BCUT2D eigenvalue weighted by Crippen LogP contribution is -2.40. The van der Waals surface area contributed by atoms with Crippen LogP contribution in [0.2, 0.25) is 0 Å². The van der Waals surface area contributed by atoms with E-state index in [1.165, 1.54) is 0 Å². The molecule has 1 unspecified atom stereocenters. The second kappa shape index (κ2) is 6.33. The molecule has 0 aliphatic carbocycles. The van der Waals surface area contributed by atoms with Crippen LogP contribution in [-0.4, -0.2) is 23.5 Å². The molecule has 0 aromatic heterocycles. The third-order valence-electron chi connectivity index (χ3n) is 1.96. The summed E-state index contributed by atoms with van der Waals surface area (Å²) in [7, 11) is 0. The fourth-order valence-electron chi connectivity index (χ4n) is 0.917. The van der Waals surface area contributed by atoms with Crippen molar-refractivity contribution in [2.24, 2.45) is 5.41 Å². The molecular weight excluding hydrogens is 194 g/mol. The molecule has 0 aromatic carbocycles. The van der Waals surface area contributed by atoms with Gasteiger partial charge in [0.2, 0.25) is 5.91 Å². The molecule has 0 fully saturated rings. The standard InChI is InChI=1S/C11H23NOS/c1-6-14-8-7-9(2)12-10(13)11(3,4)5/h9H,6-8H2,1-5H3,(H,12,13). The zero-order valence-electron chi connectivity index (χ0n) is 10.0. The molecular formula is C11H23NOS. The van der Waals surface area contributed by atoms with Gasteiger partial charge in [-0.3, -0.25) is 4.79 Å². The van der Waals surface area contributed by atoms with E-state index in [0.29, 0.717) is 6.04 Å². The van der Waals surface area contributed by atoms with Crippen LogP contribution in [0.3, 0.4) is 0 Å². The third kappa shape index (κ3) is 6.30. The maximum Gasteiger partial charge on any atom is 0.225 e. The number of hydrogen-bond donors (Lipinski definition) is 1.